The average molecular weight is 594 g/mol. The summed E-state index contributed by atoms with van der Waals surface area (Å²) in [6.07, 6.45) is -0.548. The molecule has 0 aliphatic rings. The number of esters is 1. The van der Waals surface area contributed by atoms with Gasteiger partial charge in [-0.05, 0) is 18.6 Å². The third-order valence-corrected chi connectivity index (χ3v) is 6.01. The Morgan fingerprint density at radius 1 is 1.05 bits per heavy atom. The number of fused-ring (bicyclic) bond motifs is 1. The van der Waals surface area contributed by atoms with Crippen molar-refractivity contribution in [3.63, 3.8) is 0 Å². The van der Waals surface area contributed by atoms with E-state index in [9.17, 15) is 37.7 Å². The number of benzene rings is 3. The van der Waals surface area contributed by atoms with Gasteiger partial charge in [0.2, 0.25) is 11.2 Å². The number of carbonyl (C=O) groups excluding carboxylic acids is 2. The molecule has 0 saturated carbocycles. The molecule has 10 nitrogen and oxygen atoms in total. The molecule has 1 aromatic heterocycles. The standard InChI is InChI=1S/C26H16ClF4N3O7/c1-2-40-25(36)13-10-33(22-18(24(13)35)23(34(38)39)21(31)20(30)19(22)27)17-9-16(14(28)8-15(17)29)32-26(37)41-11-12-6-4-3-5-7-12/h3-10H,2,11H2,1H3,(H,32,37). The maximum atomic E-state index is 15.2. The van der Waals surface area contributed by atoms with E-state index in [-0.39, 0.29) is 19.3 Å². The zero-order chi connectivity index (χ0) is 30.0. The Kier molecular flexibility index (Phi) is 8.23. The molecule has 0 bridgehead atoms. The van der Waals surface area contributed by atoms with Crippen LogP contribution in [0.1, 0.15) is 22.8 Å². The van der Waals surface area contributed by atoms with Gasteiger partial charge in [-0.3, -0.25) is 20.2 Å². The van der Waals surface area contributed by atoms with Crippen molar-refractivity contribution in [2.45, 2.75) is 13.5 Å². The lowest BCUT2D eigenvalue weighted by molar-refractivity contribution is -0.386. The summed E-state index contributed by atoms with van der Waals surface area (Å²) in [6.45, 7) is 0.904. The molecule has 41 heavy (non-hydrogen) atoms. The summed E-state index contributed by atoms with van der Waals surface area (Å²) in [5.41, 5.74) is -5.87. The molecular formula is C26H16ClF4N3O7. The predicted molar refractivity (Wildman–Crippen MR) is 137 cm³/mol. The van der Waals surface area contributed by atoms with Crippen molar-refractivity contribution in [2.24, 2.45) is 0 Å². The monoisotopic (exact) mass is 593 g/mol. The number of nitro benzene ring substituents is 1. The largest absolute Gasteiger partial charge is 0.462 e. The van der Waals surface area contributed by atoms with Gasteiger partial charge in [0.05, 0.1) is 28.4 Å². The molecule has 0 radical (unpaired) electrons. The van der Waals surface area contributed by atoms with Crippen LogP contribution in [0.2, 0.25) is 5.02 Å². The molecular weight excluding hydrogens is 578 g/mol. The second kappa shape index (κ2) is 11.6. The second-order valence-electron chi connectivity index (χ2n) is 8.20. The lowest BCUT2D eigenvalue weighted by atomic mass is 10.1. The minimum atomic E-state index is -2.11. The molecule has 0 aliphatic heterocycles. The molecule has 4 rings (SSSR count). The highest BCUT2D eigenvalue weighted by atomic mass is 35.5. The number of amides is 1. The topological polar surface area (TPSA) is 130 Å². The van der Waals surface area contributed by atoms with E-state index >= 15 is 4.39 Å². The summed E-state index contributed by atoms with van der Waals surface area (Å²) in [7, 11) is 0. The molecule has 0 atom stereocenters. The van der Waals surface area contributed by atoms with E-state index in [4.69, 9.17) is 21.1 Å². The van der Waals surface area contributed by atoms with Gasteiger partial charge in [-0.1, -0.05) is 41.9 Å². The molecule has 3 aromatic carbocycles. The fourth-order valence-corrected chi connectivity index (χ4v) is 4.14. The van der Waals surface area contributed by atoms with E-state index in [1.807, 2.05) is 0 Å². The Morgan fingerprint density at radius 2 is 1.73 bits per heavy atom. The van der Waals surface area contributed by atoms with E-state index in [0.717, 1.165) is 0 Å². The Hall–Kier alpha value is -4.98. The summed E-state index contributed by atoms with van der Waals surface area (Å²) < 4.78 is 69.4. The zero-order valence-electron chi connectivity index (χ0n) is 20.7. The molecule has 1 amide bonds. The van der Waals surface area contributed by atoms with E-state index in [0.29, 0.717) is 22.4 Å². The Bertz CT molecular complexity index is 1780. The van der Waals surface area contributed by atoms with Crippen LogP contribution in [0.5, 0.6) is 0 Å². The number of halogens is 5. The maximum absolute atomic E-state index is 15.2. The highest BCUT2D eigenvalue weighted by Gasteiger charge is 2.33. The number of nitrogens with one attached hydrogen (secondary N) is 1. The van der Waals surface area contributed by atoms with Gasteiger partial charge in [-0.25, -0.2) is 22.8 Å². The number of rotatable bonds is 7. The summed E-state index contributed by atoms with van der Waals surface area (Å²) >= 11 is 5.94. The van der Waals surface area contributed by atoms with Gasteiger partial charge in [-0.15, -0.1) is 0 Å². The van der Waals surface area contributed by atoms with Gasteiger partial charge in [0.1, 0.15) is 34.2 Å². The smallest absolute Gasteiger partial charge is 0.412 e. The van der Waals surface area contributed by atoms with Crippen molar-refractivity contribution in [3.05, 3.63) is 108 Å². The molecule has 0 saturated heterocycles. The number of ether oxygens (including phenoxy) is 2. The van der Waals surface area contributed by atoms with Crippen LogP contribution in [-0.4, -0.2) is 28.2 Å². The van der Waals surface area contributed by atoms with Crippen LogP contribution in [-0.2, 0) is 16.1 Å². The molecule has 15 heteroatoms. The third-order valence-electron chi connectivity index (χ3n) is 5.67. The molecule has 0 aliphatic carbocycles. The van der Waals surface area contributed by atoms with Crippen molar-refractivity contribution in [3.8, 4) is 5.69 Å². The number of hydrogen-bond donors (Lipinski definition) is 1. The SMILES string of the molecule is CCOC(=O)c1cn(-c2cc(NC(=O)OCc3ccccc3)c(F)cc2F)c2c(Cl)c(F)c(F)c([N+](=O)[O-])c2c1=O. The first kappa shape index (κ1) is 29.0. The normalized spacial score (nSPS) is 10.9. The van der Waals surface area contributed by atoms with E-state index in [1.165, 1.54) is 6.92 Å². The number of carbonyl (C=O) groups is 2. The number of aromatic nitrogens is 1. The van der Waals surface area contributed by atoms with Crippen LogP contribution in [0, 0.1) is 33.4 Å². The van der Waals surface area contributed by atoms with Crippen molar-refractivity contribution in [1.82, 2.24) is 4.57 Å². The minimum absolute atomic E-state index is 0.209. The van der Waals surface area contributed by atoms with E-state index in [2.05, 4.69) is 5.32 Å². The van der Waals surface area contributed by atoms with Crippen molar-refractivity contribution in [1.29, 1.82) is 0 Å². The number of anilines is 1. The average Bonchev–Trinajstić information content (AvgIpc) is 2.93. The van der Waals surface area contributed by atoms with Gasteiger partial charge >= 0.3 is 17.7 Å². The Labute approximate surface area is 231 Å². The minimum Gasteiger partial charge on any atom is -0.462 e. The quantitative estimate of drug-likeness (QED) is 0.0910. The fraction of sp³-hybridized carbons (Fsp3) is 0.115. The summed E-state index contributed by atoms with van der Waals surface area (Å²) in [5.74, 6) is -8.11. The van der Waals surface area contributed by atoms with Crippen LogP contribution in [0.15, 0.2) is 53.5 Å². The Morgan fingerprint density at radius 3 is 2.37 bits per heavy atom. The van der Waals surface area contributed by atoms with Crippen molar-refractivity contribution >= 4 is 45.9 Å². The molecule has 4 aromatic rings. The maximum Gasteiger partial charge on any atom is 0.412 e. The van der Waals surface area contributed by atoms with Gasteiger partial charge in [0, 0.05) is 12.3 Å². The molecule has 0 fully saturated rings. The number of pyridine rings is 1. The number of nitrogens with zero attached hydrogens (tertiary/aromatic N) is 2. The predicted octanol–water partition coefficient (Wildman–Crippen LogP) is 6.03. The molecule has 1 N–H and O–H groups in total. The first-order chi connectivity index (χ1) is 19.5. The van der Waals surface area contributed by atoms with Gasteiger partial charge in [0.25, 0.3) is 0 Å². The second-order valence-corrected chi connectivity index (χ2v) is 8.58. The molecule has 1 heterocycles. The zero-order valence-corrected chi connectivity index (χ0v) is 21.4. The summed E-state index contributed by atoms with van der Waals surface area (Å²) in [5, 5.41) is 11.3. The van der Waals surface area contributed by atoms with E-state index in [1.54, 1.807) is 30.3 Å². The first-order valence-corrected chi connectivity index (χ1v) is 11.9. The van der Waals surface area contributed by atoms with Gasteiger partial charge in [0.15, 0.2) is 5.82 Å². The van der Waals surface area contributed by atoms with Crippen LogP contribution >= 0.6 is 11.6 Å². The van der Waals surface area contributed by atoms with Gasteiger partial charge in [-0.2, -0.15) is 4.39 Å². The van der Waals surface area contributed by atoms with Crippen LogP contribution in [0.25, 0.3) is 16.6 Å². The van der Waals surface area contributed by atoms with E-state index < -0.39 is 84.2 Å². The van der Waals surface area contributed by atoms with Crippen molar-refractivity contribution in [2.75, 3.05) is 11.9 Å². The van der Waals surface area contributed by atoms with Crippen LogP contribution in [0.4, 0.5) is 33.7 Å². The van der Waals surface area contributed by atoms with Crippen molar-refractivity contribution < 1.29 is 41.5 Å². The van der Waals surface area contributed by atoms with Crippen LogP contribution in [0.3, 0.4) is 0 Å². The lowest BCUT2D eigenvalue weighted by Gasteiger charge is -2.17. The Balaban J connectivity index is 1.94. The highest BCUT2D eigenvalue weighted by Crippen LogP contribution is 2.37. The highest BCUT2D eigenvalue weighted by molar-refractivity contribution is 6.35. The number of hydrogen-bond acceptors (Lipinski definition) is 7. The van der Waals surface area contributed by atoms with Gasteiger partial charge < -0.3 is 14.0 Å². The van der Waals surface area contributed by atoms with Crippen LogP contribution < -0.4 is 10.7 Å². The summed E-state index contributed by atoms with van der Waals surface area (Å²) in [6, 6.07) is 9.36. The summed E-state index contributed by atoms with van der Waals surface area (Å²) in [4.78, 5) is 48.2. The first-order valence-electron chi connectivity index (χ1n) is 11.5. The number of nitro groups is 1. The third kappa shape index (κ3) is 5.54. The molecule has 0 spiro atoms. The lowest BCUT2D eigenvalue weighted by Crippen LogP contribution is -2.23. The fourth-order valence-electron chi connectivity index (χ4n) is 3.87. The molecule has 212 valence electrons. The molecule has 0 unspecified atom stereocenters.